The molecule has 7 heteroatoms. The van der Waals surface area contributed by atoms with E-state index in [2.05, 4.69) is 0 Å². The summed E-state index contributed by atoms with van der Waals surface area (Å²) in [6, 6.07) is 9.96. The molecule has 0 bridgehead atoms. The van der Waals surface area contributed by atoms with Gasteiger partial charge in [0.1, 0.15) is 5.75 Å². The van der Waals surface area contributed by atoms with Crippen LogP contribution in [0, 0.1) is 0 Å². The summed E-state index contributed by atoms with van der Waals surface area (Å²) in [5.74, 6) is 0.510. The van der Waals surface area contributed by atoms with Gasteiger partial charge in [-0.15, -0.1) is 0 Å². The topological polar surface area (TPSA) is 29.5 Å². The van der Waals surface area contributed by atoms with E-state index < -0.39 is 11.7 Å². The predicted molar refractivity (Wildman–Crippen MR) is 79.6 cm³/mol. The molecule has 0 amide bonds. The Balaban J connectivity index is -0.000000245. The van der Waals surface area contributed by atoms with Gasteiger partial charge in [-0.2, -0.15) is 13.2 Å². The van der Waals surface area contributed by atoms with Gasteiger partial charge in [-0.05, 0) is 29.3 Å². The third kappa shape index (κ3) is 4.81. The fraction of sp³-hybridized carbons (Fsp3) is 0.200. The Kier molecular flexibility index (Phi) is 8.33. The van der Waals surface area contributed by atoms with Crippen molar-refractivity contribution in [2.24, 2.45) is 0 Å². The molecule has 0 spiro atoms. The first-order valence-electron chi connectivity index (χ1n) is 5.91. The molecule has 2 rings (SSSR count). The Labute approximate surface area is 155 Å². The van der Waals surface area contributed by atoms with Gasteiger partial charge in [-0.25, -0.2) is 0 Å². The number of benzene rings is 2. The molecular formula is C15H17AlF3LiO2. The Morgan fingerprint density at radius 1 is 1.09 bits per heavy atom. The van der Waals surface area contributed by atoms with Crippen molar-refractivity contribution in [3.63, 3.8) is 0 Å². The van der Waals surface area contributed by atoms with E-state index in [1.165, 1.54) is 19.2 Å². The van der Waals surface area contributed by atoms with Crippen LogP contribution in [0.15, 0.2) is 42.5 Å². The monoisotopic (exact) mass is 320 g/mol. The molecule has 22 heavy (non-hydrogen) atoms. The van der Waals surface area contributed by atoms with Crippen molar-refractivity contribution in [3.8, 4) is 16.9 Å². The Morgan fingerprint density at radius 3 is 2.14 bits per heavy atom. The first kappa shape index (κ1) is 21.1. The predicted octanol–water partition coefficient (Wildman–Crippen LogP) is 0.946. The molecular weight excluding hydrogens is 303 g/mol. The largest absolute Gasteiger partial charge is 3.00 e. The van der Waals surface area contributed by atoms with Gasteiger partial charge in [-0.1, -0.05) is 24.3 Å². The molecule has 0 fully saturated rings. The summed E-state index contributed by atoms with van der Waals surface area (Å²) in [6.07, 6.45) is -4.34. The zero-order valence-electron chi connectivity index (χ0n) is 16.3. The van der Waals surface area contributed by atoms with Crippen molar-refractivity contribution in [2.45, 2.75) is 12.8 Å². The van der Waals surface area contributed by atoms with E-state index in [1.807, 2.05) is 0 Å². The van der Waals surface area contributed by atoms with Gasteiger partial charge in [0.05, 0.1) is 19.3 Å². The minimum absolute atomic E-state index is 0. The molecule has 114 valence electrons. The van der Waals surface area contributed by atoms with E-state index in [-0.39, 0.29) is 48.5 Å². The standard InChI is InChI=1S/C15H13F3O2.Al.Li.4H/c1-20-14-8-10(9-19)2-7-13(14)11-3-5-12(6-4-11)15(16,17)18;;;;;;/h2-8,19H,9H2,1H3;;;;;;/q;+3;+1;4*-1. The molecule has 0 heterocycles. The van der Waals surface area contributed by atoms with Gasteiger partial charge in [0.2, 0.25) is 0 Å². The number of hydrogen-bond donors (Lipinski definition) is 1. The quantitative estimate of drug-likeness (QED) is 0.853. The molecule has 0 unspecified atom stereocenters. The van der Waals surface area contributed by atoms with E-state index >= 15 is 0 Å². The number of alkyl halides is 3. The van der Waals surface area contributed by atoms with Crippen LogP contribution in [0.4, 0.5) is 13.2 Å². The summed E-state index contributed by atoms with van der Waals surface area (Å²) >= 11 is 0. The fourth-order valence-electron chi connectivity index (χ4n) is 1.91. The van der Waals surface area contributed by atoms with Crippen LogP contribution in [0.5, 0.6) is 5.75 Å². The van der Waals surface area contributed by atoms with Crippen LogP contribution >= 0.6 is 0 Å². The van der Waals surface area contributed by atoms with Gasteiger partial charge in [0, 0.05) is 5.56 Å². The molecule has 0 saturated carbocycles. The number of ether oxygens (including phenoxy) is 1. The van der Waals surface area contributed by atoms with Gasteiger partial charge >= 0.3 is 42.4 Å². The number of aliphatic hydroxyl groups is 1. The first-order chi connectivity index (χ1) is 9.45. The molecule has 0 radical (unpaired) electrons. The molecule has 0 aromatic heterocycles. The van der Waals surface area contributed by atoms with Crippen LogP contribution < -0.4 is 23.6 Å². The van der Waals surface area contributed by atoms with E-state index in [0.717, 1.165) is 12.1 Å². The number of methoxy groups -OCH3 is 1. The van der Waals surface area contributed by atoms with Gasteiger partial charge in [-0.3, -0.25) is 0 Å². The normalized spacial score (nSPS) is 10.4. The van der Waals surface area contributed by atoms with Crippen LogP contribution in [0.2, 0.25) is 0 Å². The second kappa shape index (κ2) is 8.67. The summed E-state index contributed by atoms with van der Waals surface area (Å²) in [7, 11) is 1.48. The maximum Gasteiger partial charge on any atom is 3.00 e. The first-order valence-corrected chi connectivity index (χ1v) is 5.91. The van der Waals surface area contributed by atoms with Crippen molar-refractivity contribution in [2.75, 3.05) is 7.11 Å². The van der Waals surface area contributed by atoms with Crippen molar-refractivity contribution < 1.29 is 47.6 Å². The van der Waals surface area contributed by atoms with E-state index in [0.29, 0.717) is 22.4 Å². The third-order valence-corrected chi connectivity index (χ3v) is 2.97. The molecule has 1 N–H and O–H groups in total. The van der Waals surface area contributed by atoms with Gasteiger partial charge in [0.15, 0.2) is 0 Å². The zero-order chi connectivity index (χ0) is 14.8. The molecule has 2 aromatic rings. The fourth-order valence-corrected chi connectivity index (χ4v) is 1.91. The average molecular weight is 320 g/mol. The van der Waals surface area contributed by atoms with Crippen LogP contribution in [-0.4, -0.2) is 29.6 Å². The van der Waals surface area contributed by atoms with Crippen molar-refractivity contribution >= 4 is 17.4 Å². The average Bonchev–Trinajstić information content (AvgIpc) is 2.45. The summed E-state index contributed by atoms with van der Waals surface area (Å²) in [5.41, 5.74) is 1.29. The van der Waals surface area contributed by atoms with Gasteiger partial charge < -0.3 is 15.5 Å². The summed E-state index contributed by atoms with van der Waals surface area (Å²) < 4.78 is 42.7. The smallest absolute Gasteiger partial charge is 1.00 e. The molecule has 0 saturated heterocycles. The summed E-state index contributed by atoms with van der Waals surface area (Å²) in [4.78, 5) is 0. The van der Waals surface area contributed by atoms with E-state index in [4.69, 9.17) is 9.84 Å². The summed E-state index contributed by atoms with van der Waals surface area (Å²) in [6.45, 7) is -0.121. The maximum absolute atomic E-state index is 12.5. The second-order valence-electron chi connectivity index (χ2n) is 4.27. The van der Waals surface area contributed by atoms with Gasteiger partial charge in [0.25, 0.3) is 0 Å². The SMILES string of the molecule is COc1cc(CO)ccc1-c1ccc(C(F)(F)F)cc1.[Al+3].[H-].[H-].[H-].[H-].[Li+]. The van der Waals surface area contributed by atoms with E-state index in [9.17, 15) is 13.2 Å². The summed E-state index contributed by atoms with van der Waals surface area (Å²) in [5, 5.41) is 9.06. The van der Waals surface area contributed by atoms with Crippen LogP contribution in [0.25, 0.3) is 11.1 Å². The second-order valence-corrected chi connectivity index (χ2v) is 4.27. The molecule has 0 aliphatic carbocycles. The third-order valence-electron chi connectivity index (χ3n) is 2.97. The number of rotatable bonds is 3. The van der Waals surface area contributed by atoms with Crippen LogP contribution in [0.1, 0.15) is 16.8 Å². The van der Waals surface area contributed by atoms with Crippen LogP contribution in [0.3, 0.4) is 0 Å². The van der Waals surface area contributed by atoms with Crippen molar-refractivity contribution in [1.29, 1.82) is 0 Å². The van der Waals surface area contributed by atoms with Crippen molar-refractivity contribution in [1.82, 2.24) is 0 Å². The maximum atomic E-state index is 12.5. The molecule has 0 atom stereocenters. The Bertz CT molecular complexity index is 617. The number of halogens is 3. The van der Waals surface area contributed by atoms with Crippen LogP contribution in [-0.2, 0) is 12.8 Å². The molecule has 0 aliphatic heterocycles. The minimum Gasteiger partial charge on any atom is -1.00 e. The molecule has 0 aliphatic rings. The Hall–Kier alpha value is -0.880. The number of aliphatic hydroxyl groups excluding tert-OH is 1. The van der Waals surface area contributed by atoms with Crippen molar-refractivity contribution in [3.05, 3.63) is 53.6 Å². The molecule has 2 nitrogen and oxygen atoms in total. The zero-order valence-corrected chi connectivity index (χ0v) is 13.5. The van der Waals surface area contributed by atoms with E-state index in [1.54, 1.807) is 18.2 Å². The number of hydrogen-bond acceptors (Lipinski definition) is 2. The minimum atomic E-state index is -4.34. The Morgan fingerprint density at radius 2 is 1.68 bits per heavy atom. The molecule has 2 aromatic carbocycles.